The highest BCUT2D eigenvalue weighted by molar-refractivity contribution is 6.03. The first kappa shape index (κ1) is 12.2. The zero-order valence-corrected chi connectivity index (χ0v) is 10.6. The first-order valence-electron chi connectivity index (χ1n) is 6.48. The highest BCUT2D eigenvalue weighted by Gasteiger charge is 2.44. The molecule has 1 aromatic rings. The van der Waals surface area contributed by atoms with Crippen LogP contribution in [0.2, 0.25) is 0 Å². The van der Waals surface area contributed by atoms with Gasteiger partial charge in [0.15, 0.2) is 0 Å². The maximum absolute atomic E-state index is 12.4. The second-order valence-corrected chi connectivity index (χ2v) is 5.37. The maximum atomic E-state index is 12.4. The molecule has 1 heterocycles. The summed E-state index contributed by atoms with van der Waals surface area (Å²) in [4.78, 5) is 25.1. The molecule has 0 atom stereocenters. The lowest BCUT2D eigenvalue weighted by molar-refractivity contribution is -0.126. The molecule has 1 amide bonds. The lowest BCUT2D eigenvalue weighted by atomic mass is 9.76. The Morgan fingerprint density at radius 2 is 2.05 bits per heavy atom. The number of hydrogen-bond donors (Lipinski definition) is 2. The van der Waals surface area contributed by atoms with Crippen LogP contribution in [-0.2, 0) is 11.2 Å². The number of benzene rings is 1. The van der Waals surface area contributed by atoms with E-state index in [4.69, 9.17) is 10.8 Å². The summed E-state index contributed by atoms with van der Waals surface area (Å²) in [5, 5.41) is 9.03. The summed E-state index contributed by atoms with van der Waals surface area (Å²) in [5.74, 6) is -1.05. The van der Waals surface area contributed by atoms with Crippen LogP contribution in [0.5, 0.6) is 0 Å². The van der Waals surface area contributed by atoms with Crippen molar-refractivity contribution >= 4 is 17.6 Å². The lowest BCUT2D eigenvalue weighted by Gasteiger charge is -2.39. The minimum absolute atomic E-state index is 0.0694. The molecule has 1 aliphatic carbocycles. The molecule has 3 rings (SSSR count). The van der Waals surface area contributed by atoms with Crippen molar-refractivity contribution in [3.63, 3.8) is 0 Å². The lowest BCUT2D eigenvalue weighted by Crippen LogP contribution is -2.59. The zero-order valence-electron chi connectivity index (χ0n) is 10.6. The Labute approximate surface area is 111 Å². The van der Waals surface area contributed by atoms with Gasteiger partial charge in [-0.15, -0.1) is 0 Å². The molecule has 1 fully saturated rings. The van der Waals surface area contributed by atoms with Gasteiger partial charge < -0.3 is 15.7 Å². The molecule has 1 saturated carbocycles. The molecule has 0 bridgehead atoms. The number of rotatable bonds is 2. The molecule has 100 valence electrons. The third-order valence-corrected chi connectivity index (χ3v) is 4.14. The van der Waals surface area contributed by atoms with Crippen molar-refractivity contribution in [3.8, 4) is 0 Å². The number of anilines is 1. The number of carboxylic acids is 1. The van der Waals surface area contributed by atoms with Crippen molar-refractivity contribution in [1.82, 2.24) is 0 Å². The third kappa shape index (κ3) is 1.81. The van der Waals surface area contributed by atoms with Gasteiger partial charge in [0.1, 0.15) is 0 Å². The van der Waals surface area contributed by atoms with Crippen LogP contribution in [-0.4, -0.2) is 29.1 Å². The predicted octanol–water partition coefficient (Wildman–Crippen LogP) is 1.16. The van der Waals surface area contributed by atoms with Gasteiger partial charge in [-0.05, 0) is 43.4 Å². The van der Waals surface area contributed by atoms with Gasteiger partial charge in [-0.2, -0.15) is 0 Å². The zero-order chi connectivity index (χ0) is 13.6. The Bertz CT molecular complexity index is 564. The SMILES string of the molecule is NC1(C(=O)N2CCc3ccc(C(=O)O)cc32)CCC1. The van der Waals surface area contributed by atoms with Gasteiger partial charge in [0.2, 0.25) is 5.91 Å². The highest BCUT2D eigenvalue weighted by Crippen LogP contribution is 2.36. The van der Waals surface area contributed by atoms with Crippen LogP contribution >= 0.6 is 0 Å². The summed E-state index contributed by atoms with van der Waals surface area (Å²) < 4.78 is 0. The Morgan fingerprint density at radius 1 is 1.32 bits per heavy atom. The Morgan fingerprint density at radius 3 is 2.63 bits per heavy atom. The number of aromatic carboxylic acids is 1. The van der Waals surface area contributed by atoms with E-state index in [9.17, 15) is 9.59 Å². The molecule has 19 heavy (non-hydrogen) atoms. The van der Waals surface area contributed by atoms with Crippen molar-refractivity contribution < 1.29 is 14.7 Å². The van der Waals surface area contributed by atoms with E-state index in [-0.39, 0.29) is 11.5 Å². The van der Waals surface area contributed by atoms with E-state index in [1.807, 2.05) is 0 Å². The Balaban J connectivity index is 1.94. The molecular formula is C14H16N2O3. The predicted molar refractivity (Wildman–Crippen MR) is 70.2 cm³/mol. The fourth-order valence-electron chi connectivity index (χ4n) is 2.76. The van der Waals surface area contributed by atoms with Crippen LogP contribution in [0.15, 0.2) is 18.2 Å². The number of carbonyl (C=O) groups is 2. The maximum Gasteiger partial charge on any atom is 0.335 e. The van der Waals surface area contributed by atoms with Gasteiger partial charge in [0.25, 0.3) is 0 Å². The van der Waals surface area contributed by atoms with E-state index >= 15 is 0 Å². The number of amides is 1. The number of nitrogens with zero attached hydrogens (tertiary/aromatic N) is 1. The number of carboxylic acid groups (broad SMARTS) is 1. The van der Waals surface area contributed by atoms with E-state index in [1.54, 1.807) is 23.1 Å². The molecule has 5 nitrogen and oxygen atoms in total. The average molecular weight is 260 g/mol. The van der Waals surface area contributed by atoms with E-state index in [1.165, 1.54) is 0 Å². The van der Waals surface area contributed by atoms with Crippen molar-refractivity contribution in [2.24, 2.45) is 5.73 Å². The second kappa shape index (κ2) is 4.06. The molecule has 2 aliphatic rings. The van der Waals surface area contributed by atoms with Gasteiger partial charge in [-0.1, -0.05) is 6.07 Å². The molecule has 0 spiro atoms. The summed E-state index contributed by atoms with van der Waals surface area (Å²) in [5.41, 5.74) is 7.27. The topological polar surface area (TPSA) is 83.6 Å². The second-order valence-electron chi connectivity index (χ2n) is 5.37. The van der Waals surface area contributed by atoms with Crippen LogP contribution < -0.4 is 10.6 Å². The summed E-state index contributed by atoms with van der Waals surface area (Å²) in [7, 11) is 0. The van der Waals surface area contributed by atoms with Gasteiger partial charge in [0.05, 0.1) is 11.1 Å². The average Bonchev–Trinajstić information content (AvgIpc) is 2.77. The normalized spacial score (nSPS) is 19.7. The highest BCUT2D eigenvalue weighted by atomic mass is 16.4. The molecule has 0 radical (unpaired) electrons. The van der Waals surface area contributed by atoms with Crippen LogP contribution in [0.1, 0.15) is 35.2 Å². The summed E-state index contributed by atoms with van der Waals surface area (Å²) in [6, 6.07) is 4.94. The minimum atomic E-state index is -0.979. The molecule has 1 aliphatic heterocycles. The molecule has 0 aromatic heterocycles. The van der Waals surface area contributed by atoms with Crippen LogP contribution in [0, 0.1) is 0 Å². The molecule has 0 saturated heterocycles. The standard InChI is InChI=1S/C14H16N2O3/c15-14(5-1-6-14)13(19)16-7-4-9-2-3-10(12(17)18)8-11(9)16/h2-3,8H,1,4-7,15H2,(H,17,18). The number of hydrogen-bond acceptors (Lipinski definition) is 3. The molecular weight excluding hydrogens is 244 g/mol. The Hall–Kier alpha value is -1.88. The number of carbonyl (C=O) groups excluding carboxylic acids is 1. The van der Waals surface area contributed by atoms with Crippen molar-refractivity contribution in [2.75, 3.05) is 11.4 Å². The van der Waals surface area contributed by atoms with E-state index < -0.39 is 11.5 Å². The Kier molecular flexibility index (Phi) is 2.60. The molecule has 3 N–H and O–H groups in total. The van der Waals surface area contributed by atoms with Crippen LogP contribution in [0.3, 0.4) is 0 Å². The van der Waals surface area contributed by atoms with Gasteiger partial charge in [-0.25, -0.2) is 4.79 Å². The molecule has 5 heteroatoms. The fraction of sp³-hybridized carbons (Fsp3) is 0.429. The minimum Gasteiger partial charge on any atom is -0.478 e. The van der Waals surface area contributed by atoms with Crippen molar-refractivity contribution in [2.45, 2.75) is 31.2 Å². The number of nitrogens with two attached hydrogens (primary N) is 1. The molecule has 1 aromatic carbocycles. The van der Waals surface area contributed by atoms with Crippen LogP contribution in [0.4, 0.5) is 5.69 Å². The van der Waals surface area contributed by atoms with Gasteiger partial charge in [0, 0.05) is 12.2 Å². The fourth-order valence-corrected chi connectivity index (χ4v) is 2.76. The third-order valence-electron chi connectivity index (χ3n) is 4.14. The number of fused-ring (bicyclic) bond motifs is 1. The summed E-state index contributed by atoms with van der Waals surface area (Å²) in [6.45, 7) is 0.593. The largest absolute Gasteiger partial charge is 0.478 e. The molecule has 0 unspecified atom stereocenters. The van der Waals surface area contributed by atoms with Crippen molar-refractivity contribution in [3.05, 3.63) is 29.3 Å². The first-order chi connectivity index (χ1) is 9.01. The first-order valence-corrected chi connectivity index (χ1v) is 6.48. The van der Waals surface area contributed by atoms with Gasteiger partial charge >= 0.3 is 5.97 Å². The van der Waals surface area contributed by atoms with E-state index in [2.05, 4.69) is 0 Å². The van der Waals surface area contributed by atoms with E-state index in [0.29, 0.717) is 12.2 Å². The quantitative estimate of drug-likeness (QED) is 0.835. The smallest absolute Gasteiger partial charge is 0.335 e. The summed E-state index contributed by atoms with van der Waals surface area (Å²) in [6.07, 6.45) is 3.18. The van der Waals surface area contributed by atoms with E-state index in [0.717, 1.165) is 31.2 Å². The van der Waals surface area contributed by atoms with Crippen LogP contribution in [0.25, 0.3) is 0 Å². The van der Waals surface area contributed by atoms with Crippen molar-refractivity contribution in [1.29, 1.82) is 0 Å². The van der Waals surface area contributed by atoms with Gasteiger partial charge in [-0.3, -0.25) is 4.79 Å². The monoisotopic (exact) mass is 260 g/mol. The summed E-state index contributed by atoms with van der Waals surface area (Å²) >= 11 is 0.